The Hall–Kier alpha value is -0.103. The number of halogens is 1. The van der Waals surface area contributed by atoms with Gasteiger partial charge in [-0.1, -0.05) is 20.8 Å². The molecule has 1 N–H and O–H groups in total. The van der Waals surface area contributed by atoms with Crippen molar-refractivity contribution >= 4 is 24.2 Å². The zero-order valence-corrected chi connectivity index (χ0v) is 18.3. The van der Waals surface area contributed by atoms with Gasteiger partial charge in [-0.25, -0.2) is 0 Å². The van der Waals surface area contributed by atoms with Gasteiger partial charge in [-0.3, -0.25) is 10.1 Å². The smallest absolute Gasteiger partial charge is 0.293 e. The van der Waals surface area contributed by atoms with Crippen LogP contribution in [0.1, 0.15) is 34.6 Å². The van der Waals surface area contributed by atoms with Crippen molar-refractivity contribution in [3.8, 4) is 0 Å². The highest BCUT2D eigenvalue weighted by Gasteiger charge is 2.60. The van der Waals surface area contributed by atoms with Gasteiger partial charge in [0.05, 0.1) is 0 Å². The van der Waals surface area contributed by atoms with Gasteiger partial charge in [0.25, 0.3) is 4.95 Å². The maximum absolute atomic E-state index is 11.0. The lowest BCUT2D eigenvalue weighted by molar-refractivity contribution is -0.507. The minimum atomic E-state index is -2.18. The summed E-state index contributed by atoms with van der Waals surface area (Å²) in [5.74, 6) is -0.872. The molecule has 146 valence electrons. The van der Waals surface area contributed by atoms with Crippen molar-refractivity contribution in [3.63, 3.8) is 0 Å². The van der Waals surface area contributed by atoms with E-state index in [1.807, 2.05) is 0 Å². The second kappa shape index (κ2) is 6.81. The number of rotatable bonds is 5. The number of nitrogens with zero attached hydrogens (tertiary/aromatic N) is 1. The van der Waals surface area contributed by atoms with E-state index in [0.29, 0.717) is 0 Å². The molecule has 6 atom stereocenters. The number of hydrogen-bond donors (Lipinski definition) is 1. The Kier molecular flexibility index (Phi) is 5.77. The average Bonchev–Trinajstić information content (AvgIpc) is 2.90. The molecule has 2 saturated heterocycles. The topological polar surface area (TPSA) is 100 Å². The molecule has 0 bridgehead atoms. The highest BCUT2D eigenvalue weighted by molar-refractivity contribution is 9.09. The maximum Gasteiger partial charge on any atom is 0.293 e. The minimum absolute atomic E-state index is 0.0453. The van der Waals surface area contributed by atoms with Crippen molar-refractivity contribution < 1.29 is 28.7 Å². The predicted octanol–water partition coefficient (Wildman–Crippen LogP) is 2.61. The van der Waals surface area contributed by atoms with Crippen molar-refractivity contribution in [2.45, 2.75) is 94.2 Å². The number of aliphatic hydroxyl groups excluding tert-OH is 1. The number of hydrogen-bond acceptors (Lipinski definition) is 7. The number of alkyl halides is 1. The van der Waals surface area contributed by atoms with Crippen LogP contribution in [0.15, 0.2) is 0 Å². The van der Waals surface area contributed by atoms with Gasteiger partial charge < -0.3 is 23.7 Å². The van der Waals surface area contributed by atoms with Crippen LogP contribution in [0, 0.1) is 10.1 Å². The summed E-state index contributed by atoms with van der Waals surface area (Å²) in [6, 6.07) is 0. The van der Waals surface area contributed by atoms with Crippen molar-refractivity contribution in [1.29, 1.82) is 0 Å². The SMILES string of the molecule is CC1(C)O[C@@H]2[C@@H](O[Si](C)(C)C(C)(C)C)O[C@H](C(O)C(Br)[N+](=O)[O-])[C@@H]2O1. The summed E-state index contributed by atoms with van der Waals surface area (Å²) in [6.45, 7) is 14.0. The van der Waals surface area contributed by atoms with Crippen molar-refractivity contribution in [2.75, 3.05) is 0 Å². The monoisotopic (exact) mass is 441 g/mol. The average molecular weight is 442 g/mol. The van der Waals surface area contributed by atoms with Crippen LogP contribution in [-0.4, -0.2) is 59.8 Å². The molecule has 2 unspecified atom stereocenters. The summed E-state index contributed by atoms with van der Waals surface area (Å²) in [7, 11) is -2.18. The molecular formula is C15H28BrNO7Si. The van der Waals surface area contributed by atoms with Crippen LogP contribution >= 0.6 is 15.9 Å². The first kappa shape index (κ1) is 21.2. The molecule has 2 fully saturated rings. The van der Waals surface area contributed by atoms with Crippen LogP contribution in [0.5, 0.6) is 0 Å². The van der Waals surface area contributed by atoms with Gasteiger partial charge >= 0.3 is 0 Å². The molecule has 10 heteroatoms. The molecule has 0 spiro atoms. The summed E-state index contributed by atoms with van der Waals surface area (Å²) in [4.78, 5) is 9.04. The van der Waals surface area contributed by atoms with Crippen molar-refractivity contribution in [2.24, 2.45) is 0 Å². The molecule has 25 heavy (non-hydrogen) atoms. The fourth-order valence-electron chi connectivity index (χ4n) is 2.71. The summed E-state index contributed by atoms with van der Waals surface area (Å²) in [5, 5.41) is 21.3. The Balaban J connectivity index is 2.24. The first-order chi connectivity index (χ1) is 11.2. The van der Waals surface area contributed by atoms with E-state index in [1.54, 1.807) is 13.8 Å². The second-order valence-corrected chi connectivity index (χ2v) is 14.3. The molecule has 8 nitrogen and oxygen atoms in total. The van der Waals surface area contributed by atoms with Gasteiger partial charge in [-0.2, -0.15) is 0 Å². The molecule has 0 amide bonds. The highest BCUT2D eigenvalue weighted by atomic mass is 79.9. The third kappa shape index (κ3) is 4.25. The highest BCUT2D eigenvalue weighted by Crippen LogP contribution is 2.44. The third-order valence-corrected chi connectivity index (χ3v) is 10.4. The van der Waals surface area contributed by atoms with E-state index in [2.05, 4.69) is 49.8 Å². The fraction of sp³-hybridized carbons (Fsp3) is 1.00. The number of fused-ring (bicyclic) bond motifs is 1. The van der Waals surface area contributed by atoms with E-state index in [-0.39, 0.29) is 5.04 Å². The fourth-order valence-corrected chi connectivity index (χ4v) is 4.13. The summed E-state index contributed by atoms with van der Waals surface area (Å²) in [5.41, 5.74) is 0. The molecule has 2 heterocycles. The molecule has 2 aliphatic rings. The lowest BCUT2D eigenvalue weighted by Crippen LogP contribution is -2.47. The number of ether oxygens (including phenoxy) is 3. The lowest BCUT2D eigenvalue weighted by Gasteiger charge is -2.39. The van der Waals surface area contributed by atoms with Crippen LogP contribution in [0.25, 0.3) is 0 Å². The summed E-state index contributed by atoms with van der Waals surface area (Å²) >= 11 is 2.90. The molecule has 2 rings (SSSR count). The van der Waals surface area contributed by atoms with Crippen molar-refractivity contribution in [1.82, 2.24) is 0 Å². The molecular weight excluding hydrogens is 414 g/mol. The third-order valence-electron chi connectivity index (χ3n) is 5.08. The van der Waals surface area contributed by atoms with Gasteiger partial charge in [-0.15, -0.1) is 0 Å². The second-order valence-electron chi connectivity index (χ2n) is 8.56. The molecule has 0 aromatic carbocycles. The molecule has 0 aromatic rings. The molecule has 0 aliphatic carbocycles. The number of aliphatic hydroxyl groups is 1. The minimum Gasteiger partial charge on any atom is -0.390 e. The van der Waals surface area contributed by atoms with Crippen LogP contribution < -0.4 is 0 Å². The Morgan fingerprint density at radius 1 is 1.28 bits per heavy atom. The summed E-state index contributed by atoms with van der Waals surface area (Å²) in [6.07, 6.45) is -4.24. The standard InChI is InChI=1S/C15H28BrNO7Si/c1-14(2,3)25(6,7)24-13-11-10(22-15(4,5)23-11)9(21-13)8(18)12(16)17(19)20/h8-13,18H,1-7H3/t8?,9-,10+,11+,12?,13-/m1/s1. The van der Waals surface area contributed by atoms with Crippen molar-refractivity contribution in [3.05, 3.63) is 10.1 Å². The van der Waals surface area contributed by atoms with Crippen LogP contribution in [0.3, 0.4) is 0 Å². The van der Waals surface area contributed by atoms with E-state index < -0.39 is 54.7 Å². The van der Waals surface area contributed by atoms with E-state index >= 15 is 0 Å². The van der Waals surface area contributed by atoms with Gasteiger partial charge in [0.2, 0.25) is 0 Å². The largest absolute Gasteiger partial charge is 0.390 e. The normalized spacial score (nSPS) is 34.6. The Bertz CT molecular complexity index is 524. The Labute approximate surface area is 157 Å². The van der Waals surface area contributed by atoms with Crippen LogP contribution in [0.2, 0.25) is 18.1 Å². The quantitative estimate of drug-likeness (QED) is 0.230. The first-order valence-corrected chi connectivity index (χ1v) is 12.1. The predicted molar refractivity (Wildman–Crippen MR) is 96.5 cm³/mol. The Morgan fingerprint density at radius 3 is 2.28 bits per heavy atom. The number of nitro groups is 1. The van der Waals surface area contributed by atoms with Gasteiger partial charge in [-0.05, 0) is 47.9 Å². The zero-order chi connectivity index (χ0) is 19.4. The Morgan fingerprint density at radius 2 is 1.80 bits per heavy atom. The molecule has 0 aromatic heterocycles. The van der Waals surface area contributed by atoms with Gasteiger partial charge in [0, 0.05) is 4.92 Å². The van der Waals surface area contributed by atoms with Crippen LogP contribution in [0.4, 0.5) is 0 Å². The van der Waals surface area contributed by atoms with Gasteiger partial charge in [0.1, 0.15) is 18.3 Å². The maximum atomic E-state index is 11.0. The lowest BCUT2D eigenvalue weighted by atomic mass is 10.1. The van der Waals surface area contributed by atoms with E-state index in [9.17, 15) is 15.2 Å². The first-order valence-electron chi connectivity index (χ1n) is 8.31. The van der Waals surface area contributed by atoms with Crippen LogP contribution in [-0.2, 0) is 18.6 Å². The molecule has 0 saturated carbocycles. The van der Waals surface area contributed by atoms with E-state index in [4.69, 9.17) is 18.6 Å². The summed E-state index contributed by atoms with van der Waals surface area (Å²) < 4.78 is 23.9. The van der Waals surface area contributed by atoms with E-state index in [1.165, 1.54) is 0 Å². The van der Waals surface area contributed by atoms with E-state index in [0.717, 1.165) is 0 Å². The van der Waals surface area contributed by atoms with Gasteiger partial charge in [0.15, 0.2) is 26.5 Å². The molecule has 2 aliphatic heterocycles. The molecule has 0 radical (unpaired) electrons. The zero-order valence-electron chi connectivity index (χ0n) is 15.7.